The first-order chi connectivity index (χ1) is 13.9. The lowest BCUT2D eigenvalue weighted by molar-refractivity contribution is -0.115. The van der Waals surface area contributed by atoms with Gasteiger partial charge in [0.05, 0.1) is 17.4 Å². The number of thioether (sulfide) groups is 1. The lowest BCUT2D eigenvalue weighted by Crippen LogP contribution is -2.22. The lowest BCUT2D eigenvalue weighted by Gasteiger charge is -2.13. The normalized spacial score (nSPS) is 11.9. The molecule has 9 heteroatoms. The number of carbonyl (C=O) groups excluding carboxylic acids is 1. The summed E-state index contributed by atoms with van der Waals surface area (Å²) in [7, 11) is 1.60. The molecule has 0 aliphatic carbocycles. The Morgan fingerprint density at radius 2 is 1.93 bits per heavy atom. The highest BCUT2D eigenvalue weighted by molar-refractivity contribution is 8.00. The number of nitrogens with zero attached hydrogens (tertiary/aromatic N) is 3. The Labute approximate surface area is 183 Å². The van der Waals surface area contributed by atoms with E-state index in [1.165, 1.54) is 11.8 Å². The average molecular weight is 451 g/mol. The molecule has 1 aromatic heterocycles. The summed E-state index contributed by atoms with van der Waals surface area (Å²) in [5.41, 5.74) is 1.45. The van der Waals surface area contributed by atoms with Crippen LogP contribution in [0.25, 0.3) is 11.4 Å². The fourth-order valence-electron chi connectivity index (χ4n) is 2.66. The number of benzene rings is 2. The van der Waals surface area contributed by atoms with Gasteiger partial charge in [0.25, 0.3) is 0 Å². The van der Waals surface area contributed by atoms with Gasteiger partial charge in [0.2, 0.25) is 5.91 Å². The number of anilines is 1. The van der Waals surface area contributed by atoms with Crippen molar-refractivity contribution in [2.24, 2.45) is 0 Å². The first kappa shape index (κ1) is 21.5. The van der Waals surface area contributed by atoms with E-state index in [4.69, 9.17) is 27.9 Å². The molecule has 29 heavy (non-hydrogen) atoms. The van der Waals surface area contributed by atoms with Crippen molar-refractivity contribution in [3.8, 4) is 17.1 Å². The minimum atomic E-state index is -0.375. The number of nitrogens with one attached hydrogen (secondary N) is 1. The Hall–Kier alpha value is -2.22. The van der Waals surface area contributed by atoms with E-state index in [0.717, 1.165) is 11.3 Å². The molecule has 152 valence electrons. The minimum absolute atomic E-state index is 0.128. The van der Waals surface area contributed by atoms with Crippen LogP contribution in [-0.4, -0.2) is 33.0 Å². The number of hydrogen-bond donors (Lipinski definition) is 1. The third-order valence-electron chi connectivity index (χ3n) is 4.21. The van der Waals surface area contributed by atoms with Gasteiger partial charge in [-0.2, -0.15) is 0 Å². The zero-order valence-corrected chi connectivity index (χ0v) is 18.5. The van der Waals surface area contributed by atoms with Crippen LogP contribution in [0.5, 0.6) is 5.75 Å². The highest BCUT2D eigenvalue weighted by Gasteiger charge is 2.21. The van der Waals surface area contributed by atoms with Gasteiger partial charge in [-0.1, -0.05) is 35.0 Å². The minimum Gasteiger partial charge on any atom is -0.497 e. The fourth-order valence-corrected chi connectivity index (χ4v) is 4.07. The van der Waals surface area contributed by atoms with Gasteiger partial charge in [-0.15, -0.1) is 10.2 Å². The number of hydrogen-bond acceptors (Lipinski definition) is 5. The van der Waals surface area contributed by atoms with Crippen molar-refractivity contribution < 1.29 is 9.53 Å². The maximum Gasteiger partial charge on any atom is 0.237 e. The molecule has 1 heterocycles. The zero-order valence-electron chi connectivity index (χ0n) is 16.1. The number of carbonyl (C=O) groups is 1. The van der Waals surface area contributed by atoms with E-state index in [9.17, 15) is 4.79 Å². The van der Waals surface area contributed by atoms with Crippen LogP contribution in [0, 0.1) is 0 Å². The zero-order chi connectivity index (χ0) is 21.0. The molecule has 0 saturated carbocycles. The number of amides is 1. The van der Waals surface area contributed by atoms with Crippen LogP contribution in [0.1, 0.15) is 13.8 Å². The molecule has 0 unspecified atom stereocenters. The number of halogens is 2. The maximum atomic E-state index is 12.6. The van der Waals surface area contributed by atoms with Crippen LogP contribution in [-0.2, 0) is 11.3 Å². The molecular weight excluding hydrogens is 431 g/mol. The molecule has 0 saturated heterocycles. The van der Waals surface area contributed by atoms with Crippen molar-refractivity contribution in [1.29, 1.82) is 0 Å². The van der Waals surface area contributed by atoms with Gasteiger partial charge in [-0.25, -0.2) is 0 Å². The Bertz CT molecular complexity index is 1010. The second-order valence-electron chi connectivity index (χ2n) is 6.15. The second-order valence-corrected chi connectivity index (χ2v) is 8.30. The predicted molar refractivity (Wildman–Crippen MR) is 118 cm³/mol. The van der Waals surface area contributed by atoms with Crippen LogP contribution >= 0.6 is 35.0 Å². The first-order valence-electron chi connectivity index (χ1n) is 8.93. The molecule has 6 nitrogen and oxygen atoms in total. The van der Waals surface area contributed by atoms with Crippen LogP contribution < -0.4 is 10.1 Å². The summed E-state index contributed by atoms with van der Waals surface area (Å²) >= 11 is 13.7. The van der Waals surface area contributed by atoms with E-state index >= 15 is 0 Å². The Morgan fingerprint density at radius 3 is 2.55 bits per heavy atom. The van der Waals surface area contributed by atoms with E-state index < -0.39 is 0 Å². The fraction of sp³-hybridized carbons (Fsp3) is 0.250. The molecule has 0 radical (unpaired) electrons. The van der Waals surface area contributed by atoms with E-state index in [0.29, 0.717) is 33.3 Å². The monoisotopic (exact) mass is 450 g/mol. The van der Waals surface area contributed by atoms with Crippen molar-refractivity contribution >= 4 is 46.6 Å². The number of methoxy groups -OCH3 is 1. The third kappa shape index (κ3) is 5.04. The smallest absolute Gasteiger partial charge is 0.237 e. The van der Waals surface area contributed by atoms with Crippen molar-refractivity contribution in [2.75, 3.05) is 12.4 Å². The Morgan fingerprint density at radius 1 is 1.21 bits per heavy atom. The number of ether oxygens (including phenoxy) is 1. The lowest BCUT2D eigenvalue weighted by atomic mass is 10.2. The average Bonchev–Trinajstić information content (AvgIpc) is 3.10. The molecular formula is C20H20Cl2N4O2S. The third-order valence-corrected chi connectivity index (χ3v) is 5.84. The molecule has 0 bridgehead atoms. The second kappa shape index (κ2) is 9.52. The Balaban J connectivity index is 1.75. The van der Waals surface area contributed by atoms with Gasteiger partial charge < -0.3 is 14.6 Å². The van der Waals surface area contributed by atoms with Gasteiger partial charge in [0.15, 0.2) is 11.0 Å². The summed E-state index contributed by atoms with van der Waals surface area (Å²) in [4.78, 5) is 12.6. The number of aromatic nitrogens is 3. The molecule has 0 spiro atoms. The quantitative estimate of drug-likeness (QED) is 0.487. The van der Waals surface area contributed by atoms with Gasteiger partial charge >= 0.3 is 0 Å². The van der Waals surface area contributed by atoms with E-state index in [1.54, 1.807) is 43.5 Å². The van der Waals surface area contributed by atoms with Crippen LogP contribution in [0.2, 0.25) is 10.0 Å². The highest BCUT2D eigenvalue weighted by Crippen LogP contribution is 2.32. The summed E-state index contributed by atoms with van der Waals surface area (Å²) < 4.78 is 7.06. The summed E-state index contributed by atoms with van der Waals surface area (Å²) in [6.07, 6.45) is 0. The molecule has 1 amide bonds. The van der Waals surface area contributed by atoms with Crippen molar-refractivity contribution in [2.45, 2.75) is 30.8 Å². The van der Waals surface area contributed by atoms with E-state index in [2.05, 4.69) is 15.5 Å². The SMILES string of the molecule is CCn1c(S[C@H](C)C(=O)Nc2ccc(OC)cc2)nnc1-c1ccc(Cl)cc1Cl. The molecule has 0 aliphatic heterocycles. The summed E-state index contributed by atoms with van der Waals surface area (Å²) in [6, 6.07) is 12.4. The highest BCUT2D eigenvalue weighted by atomic mass is 35.5. The van der Waals surface area contributed by atoms with Crippen LogP contribution in [0.4, 0.5) is 5.69 Å². The van der Waals surface area contributed by atoms with Gasteiger partial charge in [-0.05, 0) is 56.3 Å². The van der Waals surface area contributed by atoms with Gasteiger partial charge in [0.1, 0.15) is 5.75 Å². The topological polar surface area (TPSA) is 69.0 Å². The molecule has 0 aliphatic rings. The van der Waals surface area contributed by atoms with Crippen LogP contribution in [0.15, 0.2) is 47.6 Å². The van der Waals surface area contributed by atoms with E-state index in [1.807, 2.05) is 24.5 Å². The molecule has 1 atom stereocenters. The maximum absolute atomic E-state index is 12.6. The number of rotatable bonds is 7. The largest absolute Gasteiger partial charge is 0.497 e. The first-order valence-corrected chi connectivity index (χ1v) is 10.6. The summed E-state index contributed by atoms with van der Waals surface area (Å²) in [5, 5.41) is 12.8. The van der Waals surface area contributed by atoms with Gasteiger partial charge in [0, 0.05) is 22.8 Å². The van der Waals surface area contributed by atoms with Crippen LogP contribution in [0.3, 0.4) is 0 Å². The summed E-state index contributed by atoms with van der Waals surface area (Å²) in [5.74, 6) is 1.24. The van der Waals surface area contributed by atoms with Gasteiger partial charge in [-0.3, -0.25) is 4.79 Å². The van der Waals surface area contributed by atoms with Crippen molar-refractivity contribution in [3.05, 3.63) is 52.5 Å². The standard InChI is InChI=1S/C20H20Cl2N4O2S/c1-4-26-18(16-10-5-13(21)11-17(16)22)24-25-20(26)29-12(2)19(27)23-14-6-8-15(28-3)9-7-14/h5-12H,4H2,1-3H3,(H,23,27)/t12-/m1/s1. The van der Waals surface area contributed by atoms with Crippen molar-refractivity contribution in [3.63, 3.8) is 0 Å². The summed E-state index contributed by atoms with van der Waals surface area (Å²) in [6.45, 7) is 4.45. The van der Waals surface area contributed by atoms with Crippen molar-refractivity contribution in [1.82, 2.24) is 14.8 Å². The van der Waals surface area contributed by atoms with E-state index in [-0.39, 0.29) is 11.2 Å². The predicted octanol–water partition coefficient (Wildman–Crippen LogP) is 5.40. The molecule has 3 aromatic rings. The molecule has 1 N–H and O–H groups in total. The Kier molecular flexibility index (Phi) is 7.05. The molecule has 3 rings (SSSR count). The molecule has 0 fully saturated rings. The molecule has 2 aromatic carbocycles.